The van der Waals surface area contributed by atoms with Gasteiger partial charge in [-0.05, 0) is 47.9 Å². The minimum Gasteiger partial charge on any atom is -0.462 e. The summed E-state index contributed by atoms with van der Waals surface area (Å²) < 4.78 is 31.3. The van der Waals surface area contributed by atoms with Crippen LogP contribution in [0.2, 0.25) is 0 Å². The van der Waals surface area contributed by atoms with Crippen molar-refractivity contribution in [2.75, 3.05) is 6.61 Å². The Morgan fingerprint density at radius 2 is 1.58 bits per heavy atom. The SMILES string of the molecule is CCCCOC(=O)/C(=C/c1ccc(F)cc1)Cc1ccc(F)cc1. The Bertz CT molecular complexity index is 689. The molecule has 0 aliphatic heterocycles. The molecule has 0 aliphatic rings. The predicted molar refractivity (Wildman–Crippen MR) is 90.3 cm³/mol. The molecule has 0 heterocycles. The summed E-state index contributed by atoms with van der Waals surface area (Å²) in [6, 6.07) is 11.8. The van der Waals surface area contributed by atoms with Crippen molar-refractivity contribution < 1.29 is 18.3 Å². The number of benzene rings is 2. The number of carbonyl (C=O) groups excluding carboxylic acids is 1. The van der Waals surface area contributed by atoms with Crippen LogP contribution in [-0.4, -0.2) is 12.6 Å². The van der Waals surface area contributed by atoms with Gasteiger partial charge < -0.3 is 4.74 Å². The fourth-order valence-electron chi connectivity index (χ4n) is 2.17. The quantitative estimate of drug-likeness (QED) is 0.408. The van der Waals surface area contributed by atoms with Gasteiger partial charge in [-0.25, -0.2) is 13.6 Å². The van der Waals surface area contributed by atoms with Crippen molar-refractivity contribution in [3.8, 4) is 0 Å². The summed E-state index contributed by atoms with van der Waals surface area (Å²) in [7, 11) is 0. The number of carbonyl (C=O) groups is 1. The molecule has 0 aliphatic carbocycles. The monoisotopic (exact) mass is 330 g/mol. The molecule has 0 atom stereocenters. The molecule has 0 saturated carbocycles. The van der Waals surface area contributed by atoms with Gasteiger partial charge in [0.25, 0.3) is 0 Å². The third-order valence-corrected chi connectivity index (χ3v) is 3.51. The van der Waals surface area contributed by atoms with Crippen LogP contribution in [0.4, 0.5) is 8.78 Å². The summed E-state index contributed by atoms with van der Waals surface area (Å²) in [5.41, 5.74) is 1.96. The van der Waals surface area contributed by atoms with Gasteiger partial charge in [-0.2, -0.15) is 0 Å². The van der Waals surface area contributed by atoms with Gasteiger partial charge in [0.2, 0.25) is 0 Å². The third-order valence-electron chi connectivity index (χ3n) is 3.51. The van der Waals surface area contributed by atoms with Crippen LogP contribution in [0.25, 0.3) is 6.08 Å². The number of rotatable bonds is 7. The van der Waals surface area contributed by atoms with Crippen LogP contribution in [0.1, 0.15) is 30.9 Å². The normalized spacial score (nSPS) is 11.4. The summed E-state index contributed by atoms with van der Waals surface area (Å²) in [5.74, 6) is -1.07. The lowest BCUT2D eigenvalue weighted by Gasteiger charge is -2.09. The molecule has 0 bridgehead atoms. The zero-order valence-corrected chi connectivity index (χ0v) is 13.6. The first-order valence-electron chi connectivity index (χ1n) is 7.96. The second-order valence-electron chi connectivity index (χ2n) is 5.51. The van der Waals surface area contributed by atoms with Crippen LogP contribution >= 0.6 is 0 Å². The first kappa shape index (κ1) is 17.9. The molecule has 0 radical (unpaired) electrons. The number of halogens is 2. The van der Waals surface area contributed by atoms with E-state index in [1.807, 2.05) is 6.92 Å². The minimum atomic E-state index is -0.405. The van der Waals surface area contributed by atoms with Crippen molar-refractivity contribution in [3.05, 3.63) is 76.9 Å². The van der Waals surface area contributed by atoms with Gasteiger partial charge in [0, 0.05) is 12.0 Å². The minimum absolute atomic E-state index is 0.322. The summed E-state index contributed by atoms with van der Waals surface area (Å²) in [6.07, 6.45) is 3.73. The zero-order chi connectivity index (χ0) is 17.4. The molecule has 0 N–H and O–H groups in total. The molecular weight excluding hydrogens is 310 g/mol. The van der Waals surface area contributed by atoms with Gasteiger partial charge in [0.05, 0.1) is 6.61 Å². The predicted octanol–water partition coefficient (Wildman–Crippen LogP) is 4.93. The van der Waals surface area contributed by atoms with Crippen LogP contribution < -0.4 is 0 Å². The standard InChI is InChI=1S/C20H20F2O2/c1-2-3-12-24-20(23)17(13-15-4-8-18(21)9-5-15)14-16-6-10-19(22)11-7-16/h4-11,13H,2-3,12,14H2,1H3/b17-13+. The first-order chi connectivity index (χ1) is 11.6. The van der Waals surface area contributed by atoms with Crippen molar-refractivity contribution >= 4 is 12.0 Å². The Morgan fingerprint density at radius 3 is 2.17 bits per heavy atom. The lowest BCUT2D eigenvalue weighted by molar-refractivity contribution is -0.139. The third kappa shape index (κ3) is 5.61. The van der Waals surface area contributed by atoms with E-state index in [2.05, 4.69) is 0 Å². The molecule has 0 saturated heterocycles. The molecule has 0 fully saturated rings. The van der Waals surface area contributed by atoms with E-state index in [-0.39, 0.29) is 11.6 Å². The summed E-state index contributed by atoms with van der Waals surface area (Å²) in [5, 5.41) is 0. The molecule has 0 unspecified atom stereocenters. The van der Waals surface area contributed by atoms with Crippen LogP contribution in [-0.2, 0) is 16.0 Å². The van der Waals surface area contributed by atoms with Crippen LogP contribution in [0.3, 0.4) is 0 Å². The number of unbranched alkanes of at least 4 members (excludes halogenated alkanes) is 1. The van der Waals surface area contributed by atoms with E-state index < -0.39 is 5.97 Å². The zero-order valence-electron chi connectivity index (χ0n) is 13.6. The van der Waals surface area contributed by atoms with Crippen LogP contribution in [0, 0.1) is 11.6 Å². The van der Waals surface area contributed by atoms with Gasteiger partial charge in [0.15, 0.2) is 0 Å². The number of hydrogen-bond acceptors (Lipinski definition) is 2. The Kier molecular flexibility index (Phi) is 6.67. The molecule has 0 aromatic heterocycles. The molecule has 0 spiro atoms. The van der Waals surface area contributed by atoms with Crippen LogP contribution in [0.15, 0.2) is 54.1 Å². The lowest BCUT2D eigenvalue weighted by atomic mass is 10.0. The van der Waals surface area contributed by atoms with E-state index in [0.717, 1.165) is 18.4 Å². The van der Waals surface area contributed by atoms with Gasteiger partial charge in [-0.3, -0.25) is 0 Å². The van der Waals surface area contributed by atoms with Crippen molar-refractivity contribution in [2.24, 2.45) is 0 Å². The molecule has 2 aromatic carbocycles. The first-order valence-corrected chi connectivity index (χ1v) is 7.96. The largest absolute Gasteiger partial charge is 0.462 e. The van der Waals surface area contributed by atoms with E-state index in [9.17, 15) is 13.6 Å². The van der Waals surface area contributed by atoms with Gasteiger partial charge in [-0.15, -0.1) is 0 Å². The highest BCUT2D eigenvalue weighted by molar-refractivity contribution is 5.94. The van der Waals surface area contributed by atoms with Crippen LogP contribution in [0.5, 0.6) is 0 Å². The second-order valence-corrected chi connectivity index (χ2v) is 5.51. The smallest absolute Gasteiger partial charge is 0.334 e. The molecular formula is C20H20F2O2. The maximum Gasteiger partial charge on any atom is 0.334 e. The van der Waals surface area contributed by atoms with Gasteiger partial charge in [0.1, 0.15) is 11.6 Å². The van der Waals surface area contributed by atoms with Crippen molar-refractivity contribution in [3.63, 3.8) is 0 Å². The van der Waals surface area contributed by atoms with Crippen molar-refractivity contribution in [1.29, 1.82) is 0 Å². The Morgan fingerprint density at radius 1 is 1.00 bits per heavy atom. The van der Waals surface area contributed by atoms with Crippen molar-refractivity contribution in [2.45, 2.75) is 26.2 Å². The highest BCUT2D eigenvalue weighted by Crippen LogP contribution is 2.16. The lowest BCUT2D eigenvalue weighted by Crippen LogP contribution is -2.11. The molecule has 24 heavy (non-hydrogen) atoms. The molecule has 0 amide bonds. The molecule has 2 nitrogen and oxygen atoms in total. The fourth-order valence-corrected chi connectivity index (χ4v) is 2.17. The van der Waals surface area contributed by atoms with E-state index in [4.69, 9.17) is 4.74 Å². The molecule has 4 heteroatoms. The number of hydrogen-bond donors (Lipinski definition) is 0. The summed E-state index contributed by atoms with van der Waals surface area (Å²) in [4.78, 5) is 12.3. The maximum atomic E-state index is 13.0. The van der Waals surface area contributed by atoms with E-state index >= 15 is 0 Å². The van der Waals surface area contributed by atoms with Gasteiger partial charge >= 0.3 is 5.97 Å². The highest BCUT2D eigenvalue weighted by atomic mass is 19.1. The Balaban J connectivity index is 2.21. The Hall–Kier alpha value is -2.49. The van der Waals surface area contributed by atoms with Crippen molar-refractivity contribution in [1.82, 2.24) is 0 Å². The highest BCUT2D eigenvalue weighted by Gasteiger charge is 2.12. The van der Waals surface area contributed by atoms with E-state index in [1.54, 1.807) is 30.3 Å². The molecule has 2 rings (SSSR count). The fraction of sp³-hybridized carbons (Fsp3) is 0.250. The Labute approximate surface area is 140 Å². The average Bonchev–Trinajstić information content (AvgIpc) is 2.58. The second kappa shape index (κ2) is 8.96. The maximum absolute atomic E-state index is 13.0. The molecule has 2 aromatic rings. The average molecular weight is 330 g/mol. The molecule has 126 valence electrons. The van der Waals surface area contributed by atoms with E-state index in [0.29, 0.717) is 24.2 Å². The van der Waals surface area contributed by atoms with Gasteiger partial charge in [-0.1, -0.05) is 37.6 Å². The number of ether oxygens (including phenoxy) is 1. The number of esters is 1. The summed E-state index contributed by atoms with van der Waals surface area (Å²) in [6.45, 7) is 2.38. The topological polar surface area (TPSA) is 26.3 Å². The van der Waals surface area contributed by atoms with E-state index in [1.165, 1.54) is 24.3 Å². The summed E-state index contributed by atoms with van der Waals surface area (Å²) >= 11 is 0.